The van der Waals surface area contributed by atoms with E-state index < -0.39 is 5.60 Å². The van der Waals surface area contributed by atoms with Crippen LogP contribution < -0.4 is 0 Å². The molecule has 0 saturated heterocycles. The Hall–Kier alpha value is -2.25. The van der Waals surface area contributed by atoms with Crippen molar-refractivity contribution in [3.63, 3.8) is 0 Å². The van der Waals surface area contributed by atoms with Crippen molar-refractivity contribution in [2.75, 3.05) is 0 Å². The molecular formula is C29H29ClN2O3S. The molecule has 4 atom stereocenters. The van der Waals surface area contributed by atoms with Crippen molar-refractivity contribution in [1.29, 1.82) is 0 Å². The molecule has 36 heavy (non-hydrogen) atoms. The van der Waals surface area contributed by atoms with Crippen LogP contribution in [0.5, 0.6) is 0 Å². The first-order chi connectivity index (χ1) is 17.5. The van der Waals surface area contributed by atoms with Crippen LogP contribution >= 0.6 is 22.9 Å². The number of aryl methyl sites for hydroxylation is 1. The Kier molecular flexibility index (Phi) is 5.51. The molecule has 3 saturated carbocycles. The van der Waals surface area contributed by atoms with Crippen LogP contribution in [0.4, 0.5) is 0 Å². The number of fused-ring (bicyclic) bond motifs is 3. The summed E-state index contributed by atoms with van der Waals surface area (Å²) in [6.45, 7) is 2.51. The third-order valence-corrected chi connectivity index (χ3v) is 10.0. The first kappa shape index (κ1) is 22.9. The van der Waals surface area contributed by atoms with Crippen LogP contribution in [-0.4, -0.2) is 21.4 Å². The third-order valence-electron chi connectivity index (χ3n) is 8.53. The van der Waals surface area contributed by atoms with Crippen molar-refractivity contribution in [2.45, 2.75) is 69.7 Å². The third kappa shape index (κ3) is 3.65. The molecule has 2 aromatic carbocycles. The van der Waals surface area contributed by atoms with Crippen LogP contribution in [0, 0.1) is 18.8 Å². The van der Waals surface area contributed by atoms with Crippen molar-refractivity contribution in [1.82, 2.24) is 10.1 Å². The lowest BCUT2D eigenvalue weighted by Crippen LogP contribution is -2.44. The number of halogens is 1. The summed E-state index contributed by atoms with van der Waals surface area (Å²) in [5, 5.41) is 18.0. The minimum absolute atomic E-state index is 0.0966. The standard InChI is InChI=1S/C29H29ClN2O3S/c1-16-5-4-6-22(30)25(16)26-21(27(35-32-26)17-9-10-17)15-34-20-13-18-11-12-19(14-20)29(18,33)28-31-23-7-2-3-8-24(23)36-28/h2-8,17-20,33H,9-15H2,1H3/t18-,19+,20+,29+. The van der Waals surface area contributed by atoms with E-state index in [4.69, 9.17) is 25.8 Å². The summed E-state index contributed by atoms with van der Waals surface area (Å²) in [5.74, 6) is 1.71. The lowest BCUT2D eigenvalue weighted by Gasteiger charge is -2.41. The topological polar surface area (TPSA) is 68.4 Å². The molecule has 3 fully saturated rings. The summed E-state index contributed by atoms with van der Waals surface area (Å²) < 4.78 is 13.6. The maximum atomic E-state index is 11.9. The van der Waals surface area contributed by atoms with Crippen molar-refractivity contribution in [3.8, 4) is 11.3 Å². The molecule has 2 heterocycles. The van der Waals surface area contributed by atoms with Crippen LogP contribution in [0.3, 0.4) is 0 Å². The maximum absolute atomic E-state index is 11.9. The summed E-state index contributed by atoms with van der Waals surface area (Å²) in [7, 11) is 0. The Labute approximate surface area is 219 Å². The molecule has 0 spiro atoms. The Morgan fingerprint density at radius 1 is 1.08 bits per heavy atom. The fourth-order valence-corrected chi connectivity index (χ4v) is 8.01. The van der Waals surface area contributed by atoms with Gasteiger partial charge in [-0.1, -0.05) is 41.0 Å². The van der Waals surface area contributed by atoms with E-state index >= 15 is 0 Å². The Morgan fingerprint density at radius 2 is 1.86 bits per heavy atom. The number of nitrogens with zero attached hydrogens (tertiary/aromatic N) is 2. The molecule has 0 amide bonds. The number of hydrogen-bond acceptors (Lipinski definition) is 6. The van der Waals surface area contributed by atoms with Gasteiger partial charge >= 0.3 is 0 Å². The summed E-state index contributed by atoms with van der Waals surface area (Å²) in [6.07, 6.45) is 6.07. The molecule has 186 valence electrons. The Bertz CT molecular complexity index is 1370. The summed E-state index contributed by atoms with van der Waals surface area (Å²) in [6, 6.07) is 14.1. The van der Waals surface area contributed by atoms with Gasteiger partial charge in [-0.2, -0.15) is 0 Å². The molecule has 3 aliphatic rings. The van der Waals surface area contributed by atoms with E-state index in [1.807, 2.05) is 30.3 Å². The minimum Gasteiger partial charge on any atom is -0.382 e. The van der Waals surface area contributed by atoms with E-state index in [0.29, 0.717) is 17.5 Å². The molecule has 7 rings (SSSR count). The molecule has 2 bridgehead atoms. The second-order valence-electron chi connectivity index (χ2n) is 10.8. The van der Waals surface area contributed by atoms with Gasteiger partial charge in [0.15, 0.2) is 0 Å². The molecule has 1 N–H and O–H groups in total. The number of benzene rings is 2. The highest BCUT2D eigenvalue weighted by atomic mass is 35.5. The highest BCUT2D eigenvalue weighted by molar-refractivity contribution is 7.18. The molecule has 7 heteroatoms. The fraction of sp³-hybridized carbons (Fsp3) is 0.448. The van der Waals surface area contributed by atoms with E-state index in [1.165, 1.54) is 0 Å². The summed E-state index contributed by atoms with van der Waals surface area (Å²) >= 11 is 8.24. The second-order valence-corrected chi connectivity index (χ2v) is 12.2. The zero-order valence-corrected chi connectivity index (χ0v) is 21.8. The van der Waals surface area contributed by atoms with Crippen molar-refractivity contribution < 1.29 is 14.4 Å². The van der Waals surface area contributed by atoms with Gasteiger partial charge in [0.1, 0.15) is 22.1 Å². The molecule has 3 aliphatic carbocycles. The molecule has 4 aromatic rings. The molecular weight excluding hydrogens is 492 g/mol. The van der Waals surface area contributed by atoms with Gasteiger partial charge in [0.2, 0.25) is 0 Å². The van der Waals surface area contributed by atoms with Crippen LogP contribution in [0.15, 0.2) is 47.0 Å². The average Bonchev–Trinajstić information content (AvgIpc) is 3.45. The fourth-order valence-electron chi connectivity index (χ4n) is 6.49. The zero-order valence-electron chi connectivity index (χ0n) is 20.2. The Morgan fingerprint density at radius 3 is 2.58 bits per heavy atom. The number of aliphatic hydroxyl groups is 1. The summed E-state index contributed by atoms with van der Waals surface area (Å²) in [5.41, 5.74) is 3.99. The van der Waals surface area contributed by atoms with E-state index in [9.17, 15) is 5.11 Å². The minimum atomic E-state index is -0.847. The van der Waals surface area contributed by atoms with Gasteiger partial charge in [0.05, 0.1) is 28.0 Å². The lowest BCUT2D eigenvalue weighted by atomic mass is 9.73. The van der Waals surface area contributed by atoms with Crippen LogP contribution in [0.25, 0.3) is 21.5 Å². The molecule has 0 unspecified atom stereocenters. The van der Waals surface area contributed by atoms with Gasteiger partial charge in [-0.25, -0.2) is 4.98 Å². The number of rotatable bonds is 6. The normalized spacial score (nSPS) is 27.7. The average molecular weight is 521 g/mol. The van der Waals surface area contributed by atoms with Crippen LogP contribution in [-0.2, 0) is 16.9 Å². The highest BCUT2D eigenvalue weighted by Crippen LogP contribution is 2.57. The first-order valence-electron chi connectivity index (χ1n) is 13.0. The van der Waals surface area contributed by atoms with Crippen molar-refractivity contribution >= 4 is 33.2 Å². The molecule has 2 aromatic heterocycles. The predicted octanol–water partition coefficient (Wildman–Crippen LogP) is 7.38. The smallest absolute Gasteiger partial charge is 0.145 e. The van der Waals surface area contributed by atoms with Crippen LogP contribution in [0.1, 0.15) is 66.3 Å². The van der Waals surface area contributed by atoms with Gasteiger partial charge in [0.25, 0.3) is 0 Å². The van der Waals surface area contributed by atoms with Crippen LogP contribution in [0.2, 0.25) is 5.02 Å². The van der Waals surface area contributed by atoms with Crippen molar-refractivity contribution in [2.24, 2.45) is 11.8 Å². The SMILES string of the molecule is Cc1cccc(Cl)c1-c1noc(C2CC2)c1CO[C@H]1C[C@H]2CC[C@@H](C1)[C@]2(O)c1nc2ccccc2s1. The van der Waals surface area contributed by atoms with Gasteiger partial charge in [-0.15, -0.1) is 11.3 Å². The van der Waals surface area contributed by atoms with Gasteiger partial charge in [0, 0.05) is 17.0 Å². The highest BCUT2D eigenvalue weighted by Gasteiger charge is 2.56. The summed E-state index contributed by atoms with van der Waals surface area (Å²) in [4.78, 5) is 4.85. The first-order valence-corrected chi connectivity index (χ1v) is 14.2. The zero-order chi connectivity index (χ0) is 24.4. The molecule has 5 nitrogen and oxygen atoms in total. The number of ether oxygens (including phenoxy) is 1. The predicted molar refractivity (Wildman–Crippen MR) is 141 cm³/mol. The van der Waals surface area contributed by atoms with Gasteiger partial charge < -0.3 is 14.4 Å². The van der Waals surface area contributed by atoms with Gasteiger partial charge in [-0.05, 0) is 81.0 Å². The number of thiazole rings is 1. The monoisotopic (exact) mass is 520 g/mol. The Balaban J connectivity index is 1.13. The molecule has 0 aliphatic heterocycles. The van der Waals surface area contributed by atoms with E-state index in [1.54, 1.807) is 11.3 Å². The lowest BCUT2D eigenvalue weighted by molar-refractivity contribution is -0.116. The number of para-hydroxylation sites is 1. The number of aromatic nitrogens is 2. The maximum Gasteiger partial charge on any atom is 0.145 e. The van der Waals surface area contributed by atoms with E-state index in [0.717, 1.165) is 81.9 Å². The largest absolute Gasteiger partial charge is 0.382 e. The molecule has 0 radical (unpaired) electrons. The van der Waals surface area contributed by atoms with Gasteiger partial charge in [-0.3, -0.25) is 0 Å². The number of hydrogen-bond donors (Lipinski definition) is 1. The van der Waals surface area contributed by atoms with E-state index in [-0.39, 0.29) is 17.9 Å². The van der Waals surface area contributed by atoms with Crippen molar-refractivity contribution in [3.05, 3.63) is 69.4 Å². The van der Waals surface area contributed by atoms with E-state index in [2.05, 4.69) is 24.2 Å². The quantitative estimate of drug-likeness (QED) is 0.287. The second kappa shape index (κ2) is 8.66.